The number of nitrogens with one attached hydrogen (secondary N) is 2. The number of amides is 2. The van der Waals surface area contributed by atoms with E-state index >= 15 is 0 Å². The molecule has 0 spiro atoms. The second kappa shape index (κ2) is 10.8. The lowest BCUT2D eigenvalue weighted by atomic mass is 10.3. The Bertz CT molecular complexity index is 1080. The maximum absolute atomic E-state index is 12.4. The molecule has 2 N–H and O–H groups in total. The van der Waals surface area contributed by atoms with Gasteiger partial charge in [0.15, 0.2) is 6.61 Å². The minimum atomic E-state index is -0.792. The van der Waals surface area contributed by atoms with E-state index in [2.05, 4.69) is 36.5 Å². The number of hydrogen-bond acceptors (Lipinski definition) is 7. The molecule has 10 heteroatoms. The fourth-order valence-corrected chi connectivity index (χ4v) is 2.73. The summed E-state index contributed by atoms with van der Waals surface area (Å²) >= 11 is 3.32. The third-order valence-electron chi connectivity index (χ3n) is 3.77. The van der Waals surface area contributed by atoms with Crippen LogP contribution in [0.1, 0.15) is 10.4 Å². The summed E-state index contributed by atoms with van der Waals surface area (Å²) in [7, 11) is 0. The van der Waals surface area contributed by atoms with Crippen LogP contribution in [0.3, 0.4) is 0 Å². The largest absolute Gasteiger partial charge is 0.452 e. The van der Waals surface area contributed by atoms with Crippen molar-refractivity contribution in [2.45, 2.75) is 0 Å². The molecule has 0 saturated heterocycles. The first-order chi connectivity index (χ1) is 15.0. The predicted molar refractivity (Wildman–Crippen MR) is 115 cm³/mol. The van der Waals surface area contributed by atoms with Gasteiger partial charge in [0, 0.05) is 16.9 Å². The average molecular weight is 485 g/mol. The lowest BCUT2D eigenvalue weighted by Crippen LogP contribution is -2.35. The van der Waals surface area contributed by atoms with E-state index in [9.17, 15) is 14.4 Å². The van der Waals surface area contributed by atoms with Crippen molar-refractivity contribution in [2.24, 2.45) is 0 Å². The molecule has 3 rings (SSSR count). The maximum Gasteiger partial charge on any atom is 0.344 e. The molecule has 0 aliphatic carbocycles. The highest BCUT2D eigenvalue weighted by atomic mass is 79.9. The molecule has 9 nitrogen and oxygen atoms in total. The quantitative estimate of drug-likeness (QED) is 0.471. The molecular formula is C21H17BrN4O5. The standard InChI is InChI=1S/C21H17BrN4O5/c22-16-7-1-2-8-17(16)26-18(27)12-25-19(28)13-30-21(29)15-6-4-10-24-20(15)31-14-5-3-9-23-11-14/h1-11H,12-13H2,(H,25,28)(H,26,27). The molecule has 1 aromatic carbocycles. The molecule has 2 aromatic heterocycles. The molecule has 2 heterocycles. The van der Waals surface area contributed by atoms with Crippen LogP contribution < -0.4 is 15.4 Å². The Kier molecular flexibility index (Phi) is 7.66. The first kappa shape index (κ1) is 21.9. The van der Waals surface area contributed by atoms with Gasteiger partial charge in [-0.25, -0.2) is 9.78 Å². The second-order valence-corrected chi connectivity index (χ2v) is 6.88. The van der Waals surface area contributed by atoms with Gasteiger partial charge in [-0.2, -0.15) is 0 Å². The first-order valence-electron chi connectivity index (χ1n) is 9.04. The molecule has 3 aromatic rings. The second-order valence-electron chi connectivity index (χ2n) is 6.03. The summed E-state index contributed by atoms with van der Waals surface area (Å²) in [5.41, 5.74) is 0.622. The van der Waals surface area contributed by atoms with Crippen LogP contribution >= 0.6 is 15.9 Å². The van der Waals surface area contributed by atoms with E-state index in [1.807, 2.05) is 6.07 Å². The number of anilines is 1. The Morgan fingerprint density at radius 2 is 1.77 bits per heavy atom. The number of esters is 1. The van der Waals surface area contributed by atoms with E-state index in [4.69, 9.17) is 9.47 Å². The normalized spacial score (nSPS) is 10.1. The van der Waals surface area contributed by atoms with Crippen LogP contribution in [0.2, 0.25) is 0 Å². The van der Waals surface area contributed by atoms with E-state index in [0.717, 1.165) is 0 Å². The molecule has 0 radical (unpaired) electrons. The van der Waals surface area contributed by atoms with Gasteiger partial charge >= 0.3 is 5.97 Å². The van der Waals surface area contributed by atoms with Gasteiger partial charge < -0.3 is 20.1 Å². The molecule has 0 bridgehead atoms. The SMILES string of the molecule is O=C(COC(=O)c1cccnc1Oc1cccnc1)NCC(=O)Nc1ccccc1Br. The topological polar surface area (TPSA) is 120 Å². The fourth-order valence-electron chi connectivity index (χ4n) is 2.34. The van der Waals surface area contributed by atoms with Crippen LogP contribution in [0.15, 0.2) is 71.6 Å². The zero-order valence-electron chi connectivity index (χ0n) is 16.1. The van der Waals surface area contributed by atoms with Crippen LogP contribution in [0, 0.1) is 0 Å². The number of rotatable bonds is 8. The van der Waals surface area contributed by atoms with Crippen molar-refractivity contribution in [3.8, 4) is 11.6 Å². The average Bonchev–Trinajstić information content (AvgIpc) is 2.78. The van der Waals surface area contributed by atoms with Gasteiger partial charge in [0.1, 0.15) is 11.3 Å². The summed E-state index contributed by atoms with van der Waals surface area (Å²) < 4.78 is 11.3. The Morgan fingerprint density at radius 1 is 0.968 bits per heavy atom. The predicted octanol–water partition coefficient (Wildman–Crippen LogP) is 2.94. The number of nitrogens with zero attached hydrogens (tertiary/aromatic N) is 2. The van der Waals surface area contributed by atoms with Crippen LogP contribution in [0.25, 0.3) is 0 Å². The van der Waals surface area contributed by atoms with Crippen LogP contribution in [0.4, 0.5) is 5.69 Å². The number of pyridine rings is 2. The van der Waals surface area contributed by atoms with E-state index in [-0.39, 0.29) is 18.0 Å². The summed E-state index contributed by atoms with van der Waals surface area (Å²) in [6, 6.07) is 13.4. The highest BCUT2D eigenvalue weighted by Crippen LogP contribution is 2.22. The molecule has 158 valence electrons. The number of aromatic nitrogens is 2. The summed E-state index contributed by atoms with van der Waals surface area (Å²) in [6.45, 7) is -0.845. The summed E-state index contributed by atoms with van der Waals surface area (Å²) in [6.07, 6.45) is 4.51. The summed E-state index contributed by atoms with van der Waals surface area (Å²) in [5.74, 6) is -1.43. The van der Waals surface area contributed by atoms with Crippen molar-refractivity contribution in [3.63, 3.8) is 0 Å². The molecule has 0 saturated carbocycles. The fraction of sp³-hybridized carbons (Fsp3) is 0.0952. The molecule has 2 amide bonds. The van der Waals surface area contributed by atoms with Crippen LogP contribution in [-0.2, 0) is 14.3 Å². The van der Waals surface area contributed by atoms with Crippen molar-refractivity contribution >= 4 is 39.4 Å². The van der Waals surface area contributed by atoms with Gasteiger partial charge in [-0.1, -0.05) is 12.1 Å². The van der Waals surface area contributed by atoms with E-state index in [0.29, 0.717) is 15.9 Å². The van der Waals surface area contributed by atoms with Crippen molar-refractivity contribution < 1.29 is 23.9 Å². The van der Waals surface area contributed by atoms with Gasteiger partial charge in [0.05, 0.1) is 18.4 Å². The number of para-hydroxylation sites is 1. The third kappa shape index (κ3) is 6.61. The van der Waals surface area contributed by atoms with Gasteiger partial charge in [-0.15, -0.1) is 0 Å². The van der Waals surface area contributed by atoms with Gasteiger partial charge in [-0.05, 0) is 52.3 Å². The van der Waals surface area contributed by atoms with Gasteiger partial charge in [-0.3, -0.25) is 14.6 Å². The van der Waals surface area contributed by atoms with E-state index in [1.54, 1.807) is 42.6 Å². The minimum absolute atomic E-state index is 0.0220. The zero-order chi connectivity index (χ0) is 22.1. The highest BCUT2D eigenvalue weighted by molar-refractivity contribution is 9.10. The molecule has 0 unspecified atom stereocenters. The molecular weight excluding hydrogens is 468 g/mol. The third-order valence-corrected chi connectivity index (χ3v) is 4.46. The number of benzene rings is 1. The Balaban J connectivity index is 1.49. The van der Waals surface area contributed by atoms with E-state index < -0.39 is 24.4 Å². The van der Waals surface area contributed by atoms with Gasteiger partial charge in [0.2, 0.25) is 11.8 Å². The van der Waals surface area contributed by atoms with Crippen LogP contribution in [0.5, 0.6) is 11.6 Å². The molecule has 0 atom stereocenters. The summed E-state index contributed by atoms with van der Waals surface area (Å²) in [5, 5.41) is 5.03. The zero-order valence-corrected chi connectivity index (χ0v) is 17.7. The smallest absolute Gasteiger partial charge is 0.344 e. The number of ether oxygens (including phenoxy) is 2. The number of hydrogen-bond donors (Lipinski definition) is 2. The maximum atomic E-state index is 12.4. The Hall–Kier alpha value is -3.79. The summed E-state index contributed by atoms with van der Waals surface area (Å²) in [4.78, 5) is 44.2. The Labute approximate surface area is 185 Å². The lowest BCUT2D eigenvalue weighted by molar-refractivity contribution is -0.126. The molecule has 0 fully saturated rings. The molecule has 31 heavy (non-hydrogen) atoms. The molecule has 0 aliphatic rings. The van der Waals surface area contributed by atoms with Crippen molar-refractivity contribution in [1.29, 1.82) is 0 Å². The van der Waals surface area contributed by atoms with Crippen LogP contribution in [-0.4, -0.2) is 40.9 Å². The minimum Gasteiger partial charge on any atom is -0.452 e. The van der Waals surface area contributed by atoms with Gasteiger partial charge in [0.25, 0.3) is 5.91 Å². The number of carbonyl (C=O) groups excluding carboxylic acids is 3. The Morgan fingerprint density at radius 3 is 2.55 bits per heavy atom. The monoisotopic (exact) mass is 484 g/mol. The first-order valence-corrected chi connectivity index (χ1v) is 9.83. The van der Waals surface area contributed by atoms with Crippen molar-refractivity contribution in [1.82, 2.24) is 15.3 Å². The lowest BCUT2D eigenvalue weighted by Gasteiger charge is -2.10. The van der Waals surface area contributed by atoms with Crippen molar-refractivity contribution in [3.05, 3.63) is 77.2 Å². The van der Waals surface area contributed by atoms with E-state index in [1.165, 1.54) is 18.5 Å². The molecule has 0 aliphatic heterocycles. The van der Waals surface area contributed by atoms with Crippen molar-refractivity contribution in [2.75, 3.05) is 18.5 Å². The number of halogens is 1. The highest BCUT2D eigenvalue weighted by Gasteiger charge is 2.17. The number of carbonyl (C=O) groups is 3.